The van der Waals surface area contributed by atoms with E-state index in [1.165, 1.54) is 0 Å². The Kier molecular flexibility index (Phi) is 2.49. The van der Waals surface area contributed by atoms with Crippen molar-refractivity contribution in [2.45, 2.75) is 31.4 Å². The summed E-state index contributed by atoms with van der Waals surface area (Å²) in [5, 5.41) is 12.6. The molecule has 1 saturated carbocycles. The Morgan fingerprint density at radius 2 is 2.36 bits per heavy atom. The van der Waals surface area contributed by atoms with Crippen LogP contribution in [-0.4, -0.2) is 27.2 Å². The number of nitrogens with one attached hydrogen (secondary N) is 1. The van der Waals surface area contributed by atoms with Gasteiger partial charge < -0.3 is 16.2 Å². The number of hydrogen-bond acceptors (Lipinski definition) is 5. The summed E-state index contributed by atoms with van der Waals surface area (Å²) in [7, 11) is 0. The number of rotatable bonds is 2. The molecule has 0 aromatic carbocycles. The first-order chi connectivity index (χ1) is 6.75. The molecule has 1 aromatic heterocycles. The molecule has 0 radical (unpaired) electrons. The third-order valence-electron chi connectivity index (χ3n) is 2.47. The standard InChI is InChI=1S/C9H14N4O/c10-8-4-5-11-9(13-8)12-6-2-1-3-7(6)14/h4-7,14H,1-3H2,(H3,10,11,12,13). The van der Waals surface area contributed by atoms with E-state index in [0.717, 1.165) is 19.3 Å². The molecule has 1 aliphatic rings. The number of nitrogens with zero attached hydrogens (tertiary/aromatic N) is 2. The van der Waals surface area contributed by atoms with Crippen LogP contribution in [0.5, 0.6) is 0 Å². The van der Waals surface area contributed by atoms with Gasteiger partial charge in [0.1, 0.15) is 5.82 Å². The van der Waals surface area contributed by atoms with Crippen molar-refractivity contribution >= 4 is 11.8 Å². The second-order valence-electron chi connectivity index (χ2n) is 3.55. The molecule has 1 fully saturated rings. The van der Waals surface area contributed by atoms with Gasteiger partial charge in [-0.2, -0.15) is 4.98 Å². The van der Waals surface area contributed by atoms with Crippen LogP contribution in [0.1, 0.15) is 19.3 Å². The second-order valence-corrected chi connectivity index (χ2v) is 3.55. The first-order valence-corrected chi connectivity index (χ1v) is 4.79. The maximum Gasteiger partial charge on any atom is 0.224 e. The predicted molar refractivity (Wildman–Crippen MR) is 53.7 cm³/mol. The summed E-state index contributed by atoms with van der Waals surface area (Å²) in [5.41, 5.74) is 5.51. The number of nitrogens with two attached hydrogens (primary N) is 1. The first kappa shape index (κ1) is 9.21. The van der Waals surface area contributed by atoms with Gasteiger partial charge in [-0.15, -0.1) is 0 Å². The van der Waals surface area contributed by atoms with Gasteiger partial charge in [-0.05, 0) is 25.3 Å². The van der Waals surface area contributed by atoms with Crippen LogP contribution in [0.3, 0.4) is 0 Å². The van der Waals surface area contributed by atoms with E-state index in [2.05, 4.69) is 15.3 Å². The van der Waals surface area contributed by atoms with E-state index >= 15 is 0 Å². The number of aromatic nitrogens is 2. The molecule has 14 heavy (non-hydrogen) atoms. The summed E-state index contributed by atoms with van der Waals surface area (Å²) in [4.78, 5) is 8.04. The van der Waals surface area contributed by atoms with Crippen LogP contribution >= 0.6 is 0 Å². The Balaban J connectivity index is 2.03. The molecule has 5 heteroatoms. The minimum atomic E-state index is -0.292. The Hall–Kier alpha value is -1.36. The molecule has 0 bridgehead atoms. The summed E-state index contributed by atoms with van der Waals surface area (Å²) in [5.74, 6) is 0.936. The Labute approximate surface area is 82.4 Å². The van der Waals surface area contributed by atoms with Gasteiger partial charge in [0, 0.05) is 6.20 Å². The van der Waals surface area contributed by atoms with E-state index in [0.29, 0.717) is 11.8 Å². The minimum Gasteiger partial charge on any atom is -0.391 e. The van der Waals surface area contributed by atoms with E-state index in [1.54, 1.807) is 12.3 Å². The van der Waals surface area contributed by atoms with Crippen LogP contribution in [0.4, 0.5) is 11.8 Å². The molecule has 2 rings (SSSR count). The second kappa shape index (κ2) is 3.79. The van der Waals surface area contributed by atoms with Crippen molar-refractivity contribution in [1.82, 2.24) is 9.97 Å². The lowest BCUT2D eigenvalue weighted by Gasteiger charge is -2.15. The molecule has 2 unspecified atom stereocenters. The molecule has 1 heterocycles. The molecular weight excluding hydrogens is 180 g/mol. The number of anilines is 2. The average molecular weight is 194 g/mol. The Bertz CT molecular complexity index is 317. The van der Waals surface area contributed by atoms with Crippen LogP contribution in [-0.2, 0) is 0 Å². The maximum absolute atomic E-state index is 9.57. The Morgan fingerprint density at radius 3 is 3.00 bits per heavy atom. The van der Waals surface area contributed by atoms with Crippen molar-refractivity contribution in [2.24, 2.45) is 0 Å². The van der Waals surface area contributed by atoms with Crippen molar-refractivity contribution in [1.29, 1.82) is 0 Å². The van der Waals surface area contributed by atoms with Crippen molar-refractivity contribution in [3.63, 3.8) is 0 Å². The number of aliphatic hydroxyl groups excluding tert-OH is 1. The zero-order valence-corrected chi connectivity index (χ0v) is 7.85. The van der Waals surface area contributed by atoms with Gasteiger partial charge in [0.05, 0.1) is 12.1 Å². The predicted octanol–water partition coefficient (Wildman–Crippen LogP) is 0.384. The summed E-state index contributed by atoms with van der Waals surface area (Å²) in [6.07, 6.45) is 4.16. The summed E-state index contributed by atoms with van der Waals surface area (Å²) >= 11 is 0. The normalized spacial score (nSPS) is 26.4. The van der Waals surface area contributed by atoms with Gasteiger partial charge in [-0.1, -0.05) is 0 Å². The van der Waals surface area contributed by atoms with Gasteiger partial charge in [-0.3, -0.25) is 0 Å². The zero-order chi connectivity index (χ0) is 9.97. The third kappa shape index (κ3) is 1.93. The fourth-order valence-electron chi connectivity index (χ4n) is 1.72. The molecular formula is C9H14N4O. The molecule has 76 valence electrons. The van der Waals surface area contributed by atoms with E-state index < -0.39 is 0 Å². The van der Waals surface area contributed by atoms with E-state index in [9.17, 15) is 5.11 Å². The van der Waals surface area contributed by atoms with Gasteiger partial charge in [0.25, 0.3) is 0 Å². The van der Waals surface area contributed by atoms with Crippen LogP contribution in [0.25, 0.3) is 0 Å². The molecule has 4 N–H and O–H groups in total. The van der Waals surface area contributed by atoms with E-state index in [1.807, 2.05) is 0 Å². The number of hydrogen-bond donors (Lipinski definition) is 3. The highest BCUT2D eigenvalue weighted by Gasteiger charge is 2.25. The highest BCUT2D eigenvalue weighted by Crippen LogP contribution is 2.21. The van der Waals surface area contributed by atoms with Crippen LogP contribution in [0.15, 0.2) is 12.3 Å². The molecule has 0 spiro atoms. The van der Waals surface area contributed by atoms with Gasteiger partial charge in [0.15, 0.2) is 0 Å². The van der Waals surface area contributed by atoms with Gasteiger partial charge in [0.2, 0.25) is 5.95 Å². The topological polar surface area (TPSA) is 84.1 Å². The van der Waals surface area contributed by atoms with Crippen LogP contribution in [0, 0.1) is 0 Å². The van der Waals surface area contributed by atoms with Crippen LogP contribution < -0.4 is 11.1 Å². The minimum absolute atomic E-state index is 0.0665. The SMILES string of the molecule is Nc1ccnc(NC2CCCC2O)n1. The fourth-order valence-corrected chi connectivity index (χ4v) is 1.72. The molecule has 1 aliphatic carbocycles. The lowest BCUT2D eigenvalue weighted by Crippen LogP contribution is -2.28. The molecule has 0 saturated heterocycles. The quantitative estimate of drug-likeness (QED) is 0.634. The average Bonchev–Trinajstić information content (AvgIpc) is 2.52. The maximum atomic E-state index is 9.57. The summed E-state index contributed by atoms with van der Waals surface area (Å²) < 4.78 is 0. The molecule has 0 aliphatic heterocycles. The summed E-state index contributed by atoms with van der Waals surface area (Å²) in [6.45, 7) is 0. The van der Waals surface area contributed by atoms with Crippen molar-refractivity contribution in [2.75, 3.05) is 11.1 Å². The molecule has 2 atom stereocenters. The van der Waals surface area contributed by atoms with Crippen molar-refractivity contribution in [3.05, 3.63) is 12.3 Å². The Morgan fingerprint density at radius 1 is 1.50 bits per heavy atom. The van der Waals surface area contributed by atoms with Crippen molar-refractivity contribution < 1.29 is 5.11 Å². The smallest absolute Gasteiger partial charge is 0.224 e. The van der Waals surface area contributed by atoms with E-state index in [4.69, 9.17) is 5.73 Å². The van der Waals surface area contributed by atoms with E-state index in [-0.39, 0.29) is 12.1 Å². The lowest BCUT2D eigenvalue weighted by molar-refractivity contribution is 0.171. The highest BCUT2D eigenvalue weighted by atomic mass is 16.3. The number of nitrogen functional groups attached to an aromatic ring is 1. The van der Waals surface area contributed by atoms with Crippen molar-refractivity contribution in [3.8, 4) is 0 Å². The summed E-state index contributed by atoms with van der Waals surface area (Å²) in [6, 6.07) is 1.70. The molecule has 0 amide bonds. The van der Waals surface area contributed by atoms with Gasteiger partial charge >= 0.3 is 0 Å². The third-order valence-corrected chi connectivity index (χ3v) is 2.47. The molecule has 1 aromatic rings. The lowest BCUT2D eigenvalue weighted by atomic mass is 10.2. The monoisotopic (exact) mass is 194 g/mol. The highest BCUT2D eigenvalue weighted by molar-refractivity contribution is 5.36. The van der Waals surface area contributed by atoms with Gasteiger partial charge in [-0.25, -0.2) is 4.98 Å². The first-order valence-electron chi connectivity index (χ1n) is 4.79. The number of aliphatic hydroxyl groups is 1. The van der Waals surface area contributed by atoms with Crippen LogP contribution in [0.2, 0.25) is 0 Å². The largest absolute Gasteiger partial charge is 0.391 e. The molecule has 5 nitrogen and oxygen atoms in total. The fraction of sp³-hybridized carbons (Fsp3) is 0.556. The zero-order valence-electron chi connectivity index (χ0n) is 7.85.